The van der Waals surface area contributed by atoms with E-state index in [1.54, 1.807) is 18.2 Å². The Morgan fingerprint density at radius 2 is 2.05 bits per heavy atom. The van der Waals surface area contributed by atoms with Gasteiger partial charge in [0.15, 0.2) is 5.78 Å². The van der Waals surface area contributed by atoms with E-state index in [9.17, 15) is 14.3 Å². The molecule has 4 heteroatoms. The van der Waals surface area contributed by atoms with Crippen LogP contribution in [-0.2, 0) is 0 Å². The van der Waals surface area contributed by atoms with Crippen LogP contribution in [0.25, 0.3) is 6.08 Å². The molecule has 0 atom stereocenters. The summed E-state index contributed by atoms with van der Waals surface area (Å²) >= 11 is 0. The summed E-state index contributed by atoms with van der Waals surface area (Å²) in [5, 5.41) is 9.36. The van der Waals surface area contributed by atoms with E-state index >= 15 is 0 Å². The van der Waals surface area contributed by atoms with E-state index in [2.05, 4.69) is 0 Å². The third-order valence-corrected chi connectivity index (χ3v) is 3.07. The van der Waals surface area contributed by atoms with E-state index in [4.69, 9.17) is 4.74 Å². The molecule has 1 N–H and O–H groups in total. The van der Waals surface area contributed by atoms with Crippen molar-refractivity contribution in [3.63, 3.8) is 0 Å². The molecule has 0 amide bonds. The summed E-state index contributed by atoms with van der Waals surface area (Å²) in [6.07, 6.45) is 1.61. The van der Waals surface area contributed by atoms with Gasteiger partial charge < -0.3 is 9.84 Å². The van der Waals surface area contributed by atoms with Crippen LogP contribution >= 0.6 is 0 Å². The molecule has 20 heavy (non-hydrogen) atoms. The number of aromatic hydroxyl groups is 1. The molecule has 0 saturated carbocycles. The highest BCUT2D eigenvalue weighted by Crippen LogP contribution is 2.31. The quantitative estimate of drug-likeness (QED) is 0.809. The molecule has 100 valence electrons. The van der Waals surface area contributed by atoms with E-state index in [0.29, 0.717) is 22.4 Å². The van der Waals surface area contributed by atoms with Gasteiger partial charge in [0.25, 0.3) is 0 Å². The summed E-state index contributed by atoms with van der Waals surface area (Å²) in [5.41, 5.74) is 1.46. The SMILES string of the molecule is O=C1/C(=C/c2cccc(F)c2)COc2cc(O)ccc21. The van der Waals surface area contributed by atoms with Crippen molar-refractivity contribution in [3.8, 4) is 11.5 Å². The number of ketones is 1. The zero-order valence-corrected chi connectivity index (χ0v) is 10.5. The standard InChI is InChI=1S/C16H11FO3/c17-12-3-1-2-10(7-12)6-11-9-20-15-8-13(18)4-5-14(15)16(11)19/h1-8,18H,9H2/b11-6+. The number of ether oxygens (including phenoxy) is 1. The summed E-state index contributed by atoms with van der Waals surface area (Å²) < 4.78 is 18.6. The molecule has 1 aliphatic heterocycles. The zero-order chi connectivity index (χ0) is 14.1. The van der Waals surface area contributed by atoms with Crippen LogP contribution in [0.1, 0.15) is 15.9 Å². The topological polar surface area (TPSA) is 46.5 Å². The third-order valence-electron chi connectivity index (χ3n) is 3.07. The first-order valence-corrected chi connectivity index (χ1v) is 6.10. The molecule has 0 aromatic heterocycles. The van der Waals surface area contributed by atoms with Crippen LogP contribution in [0.5, 0.6) is 11.5 Å². The molecule has 0 aliphatic carbocycles. The molecule has 2 aromatic rings. The predicted octanol–water partition coefficient (Wildman–Crippen LogP) is 3.19. The van der Waals surface area contributed by atoms with Gasteiger partial charge in [-0.25, -0.2) is 4.39 Å². The molecule has 0 spiro atoms. The first kappa shape index (κ1) is 12.4. The predicted molar refractivity (Wildman–Crippen MR) is 72.3 cm³/mol. The Balaban J connectivity index is 1.98. The number of hydrogen-bond donors (Lipinski definition) is 1. The maximum absolute atomic E-state index is 13.1. The van der Waals surface area contributed by atoms with Crippen LogP contribution in [-0.4, -0.2) is 17.5 Å². The third kappa shape index (κ3) is 2.28. The van der Waals surface area contributed by atoms with Crippen LogP contribution in [0.15, 0.2) is 48.0 Å². The van der Waals surface area contributed by atoms with Crippen molar-refractivity contribution >= 4 is 11.9 Å². The first-order valence-electron chi connectivity index (χ1n) is 6.10. The van der Waals surface area contributed by atoms with Crippen molar-refractivity contribution in [2.45, 2.75) is 0 Å². The average Bonchev–Trinajstić information content (AvgIpc) is 2.42. The number of rotatable bonds is 1. The molecule has 3 nitrogen and oxygen atoms in total. The molecular weight excluding hydrogens is 259 g/mol. The highest BCUT2D eigenvalue weighted by atomic mass is 19.1. The lowest BCUT2D eigenvalue weighted by Gasteiger charge is -2.18. The normalized spacial score (nSPS) is 15.8. The minimum absolute atomic E-state index is 0.0501. The number of carbonyl (C=O) groups excluding carboxylic acids is 1. The van der Waals surface area contributed by atoms with Crippen molar-refractivity contribution in [2.24, 2.45) is 0 Å². The Morgan fingerprint density at radius 1 is 1.20 bits per heavy atom. The van der Waals surface area contributed by atoms with Crippen molar-refractivity contribution in [3.05, 3.63) is 65.0 Å². The van der Waals surface area contributed by atoms with Gasteiger partial charge in [-0.05, 0) is 35.9 Å². The molecule has 0 radical (unpaired) electrons. The van der Waals surface area contributed by atoms with Gasteiger partial charge >= 0.3 is 0 Å². The van der Waals surface area contributed by atoms with Gasteiger partial charge in [0.1, 0.15) is 23.9 Å². The number of halogens is 1. The van der Waals surface area contributed by atoms with Crippen LogP contribution in [0.4, 0.5) is 4.39 Å². The Kier molecular flexibility index (Phi) is 2.99. The minimum Gasteiger partial charge on any atom is -0.508 e. The lowest BCUT2D eigenvalue weighted by molar-refractivity contribution is 0.100. The van der Waals surface area contributed by atoms with Crippen molar-refractivity contribution in [1.82, 2.24) is 0 Å². The van der Waals surface area contributed by atoms with Crippen LogP contribution in [0, 0.1) is 5.82 Å². The largest absolute Gasteiger partial charge is 0.508 e. The van der Waals surface area contributed by atoms with Gasteiger partial charge in [-0.3, -0.25) is 4.79 Å². The van der Waals surface area contributed by atoms with Crippen LogP contribution in [0.3, 0.4) is 0 Å². The second-order valence-electron chi connectivity index (χ2n) is 4.52. The van der Waals surface area contributed by atoms with Crippen molar-refractivity contribution in [2.75, 3.05) is 6.61 Å². The number of benzene rings is 2. The number of carbonyl (C=O) groups is 1. The van der Waals surface area contributed by atoms with Crippen LogP contribution in [0.2, 0.25) is 0 Å². The van der Waals surface area contributed by atoms with E-state index in [1.807, 2.05) is 0 Å². The number of phenols is 1. The molecule has 3 rings (SSSR count). The lowest BCUT2D eigenvalue weighted by Crippen LogP contribution is -2.18. The summed E-state index contributed by atoms with van der Waals surface area (Å²) in [7, 11) is 0. The second kappa shape index (κ2) is 4.81. The Hall–Kier alpha value is -2.62. The van der Waals surface area contributed by atoms with Gasteiger partial charge in [-0.1, -0.05) is 12.1 Å². The fraction of sp³-hybridized carbons (Fsp3) is 0.0625. The molecule has 0 bridgehead atoms. The second-order valence-corrected chi connectivity index (χ2v) is 4.52. The summed E-state index contributed by atoms with van der Waals surface area (Å²) in [5.74, 6) is -0.107. The smallest absolute Gasteiger partial charge is 0.196 e. The van der Waals surface area contributed by atoms with Gasteiger partial charge in [-0.2, -0.15) is 0 Å². The molecule has 1 heterocycles. The highest BCUT2D eigenvalue weighted by Gasteiger charge is 2.23. The van der Waals surface area contributed by atoms with Crippen LogP contribution < -0.4 is 4.74 Å². The number of phenolic OH excluding ortho intramolecular Hbond substituents is 1. The summed E-state index contributed by atoms with van der Waals surface area (Å²) in [6, 6.07) is 10.4. The summed E-state index contributed by atoms with van der Waals surface area (Å²) in [4.78, 5) is 12.3. The van der Waals surface area contributed by atoms with Gasteiger partial charge in [0.2, 0.25) is 0 Å². The Morgan fingerprint density at radius 3 is 2.85 bits per heavy atom. The van der Waals surface area contributed by atoms with Gasteiger partial charge in [-0.15, -0.1) is 0 Å². The van der Waals surface area contributed by atoms with E-state index in [1.165, 1.54) is 30.3 Å². The molecule has 1 aliphatic rings. The first-order chi connectivity index (χ1) is 9.63. The van der Waals surface area contributed by atoms with E-state index < -0.39 is 0 Å². The number of Topliss-reactive ketones (excluding diaryl/α,β-unsaturated/α-hetero) is 1. The fourth-order valence-corrected chi connectivity index (χ4v) is 2.12. The monoisotopic (exact) mass is 270 g/mol. The maximum atomic E-state index is 13.1. The Bertz CT molecular complexity index is 719. The van der Waals surface area contributed by atoms with Gasteiger partial charge in [0, 0.05) is 11.6 Å². The maximum Gasteiger partial charge on any atom is 0.196 e. The minimum atomic E-state index is -0.353. The lowest BCUT2D eigenvalue weighted by atomic mass is 9.98. The fourth-order valence-electron chi connectivity index (χ4n) is 2.12. The molecule has 2 aromatic carbocycles. The van der Waals surface area contributed by atoms with E-state index in [0.717, 1.165) is 0 Å². The van der Waals surface area contributed by atoms with E-state index in [-0.39, 0.29) is 24.0 Å². The molecule has 0 fully saturated rings. The average molecular weight is 270 g/mol. The molecule has 0 saturated heterocycles. The summed E-state index contributed by atoms with van der Waals surface area (Å²) in [6.45, 7) is 0.103. The van der Waals surface area contributed by atoms with Crippen molar-refractivity contribution in [1.29, 1.82) is 0 Å². The van der Waals surface area contributed by atoms with Gasteiger partial charge in [0.05, 0.1) is 5.56 Å². The highest BCUT2D eigenvalue weighted by molar-refractivity contribution is 6.14. The molecular formula is C16H11FO3. The zero-order valence-electron chi connectivity index (χ0n) is 10.5. The Labute approximate surface area is 114 Å². The molecule has 0 unspecified atom stereocenters. The number of hydrogen-bond acceptors (Lipinski definition) is 3. The number of fused-ring (bicyclic) bond motifs is 1. The van der Waals surface area contributed by atoms with Crippen molar-refractivity contribution < 1.29 is 19.0 Å².